The van der Waals surface area contributed by atoms with E-state index < -0.39 is 54.0 Å². The Hall–Kier alpha value is -3.22. The molecule has 2 aromatic rings. The highest BCUT2D eigenvalue weighted by Crippen LogP contribution is 2.29. The molecule has 2 aliphatic heterocycles. The molecule has 1 aromatic heterocycles. The number of ketones is 1. The average molecular weight is 540 g/mol. The van der Waals surface area contributed by atoms with E-state index in [4.69, 9.17) is 27.6 Å². The van der Waals surface area contributed by atoms with E-state index in [1.165, 1.54) is 17.1 Å². The number of hydrazine groups is 1. The Bertz CT molecular complexity index is 1250. The van der Waals surface area contributed by atoms with Crippen LogP contribution in [0.2, 0.25) is 10.0 Å². The number of carboxylic acids is 1. The highest BCUT2D eigenvalue weighted by Gasteiger charge is 2.44. The molecule has 192 valence electrons. The summed E-state index contributed by atoms with van der Waals surface area (Å²) in [4.78, 5) is 67.8. The monoisotopic (exact) mass is 539 g/mol. The second-order valence-electron chi connectivity index (χ2n) is 8.52. The fourth-order valence-corrected chi connectivity index (χ4v) is 4.93. The number of oxazole rings is 1. The number of aliphatic carboxylic acids is 1. The highest BCUT2D eigenvalue weighted by atomic mass is 35.5. The van der Waals surface area contributed by atoms with Gasteiger partial charge < -0.3 is 20.2 Å². The molecule has 0 radical (unpaired) electrons. The van der Waals surface area contributed by atoms with Crippen molar-refractivity contribution < 1.29 is 33.5 Å². The summed E-state index contributed by atoms with van der Waals surface area (Å²) in [5, 5.41) is 17.4. The van der Waals surface area contributed by atoms with Crippen LogP contribution >= 0.6 is 23.2 Å². The number of aromatic nitrogens is 1. The van der Waals surface area contributed by atoms with E-state index in [-0.39, 0.29) is 52.9 Å². The number of hydrogen-bond donors (Lipinski definition) is 3. The Morgan fingerprint density at radius 1 is 1.25 bits per heavy atom. The lowest BCUT2D eigenvalue weighted by atomic mass is 10.0. The molecule has 0 bridgehead atoms. The maximum atomic E-state index is 13.3. The largest absolute Gasteiger partial charge is 0.481 e. The van der Waals surface area contributed by atoms with Gasteiger partial charge in [-0.2, -0.15) is 0 Å². The molecule has 3 heterocycles. The van der Waals surface area contributed by atoms with Crippen LogP contribution in [0.4, 0.5) is 0 Å². The zero-order chi connectivity index (χ0) is 26.1. The molecule has 2 saturated heterocycles. The SMILES string of the molecule is CN[C@H]1CCC(=O)N2CCC[C@@H](C(=O)N[C@@H](CC(=O)O)C(=O)c3nc4cc(Cl)cc(Cl)c4o3)N2C1=O. The number of nitrogens with one attached hydrogen (secondary N) is 2. The smallest absolute Gasteiger partial charge is 0.305 e. The van der Waals surface area contributed by atoms with E-state index in [1.54, 1.807) is 7.05 Å². The molecule has 1 aromatic carbocycles. The molecular weight excluding hydrogens is 517 g/mol. The molecule has 3 amide bonds. The predicted octanol–water partition coefficient (Wildman–Crippen LogP) is 1.39. The first-order valence-corrected chi connectivity index (χ1v) is 12.0. The van der Waals surface area contributed by atoms with Crippen molar-refractivity contribution >= 4 is 63.8 Å². The molecule has 0 aliphatic carbocycles. The number of Topliss-reactive ketones (excluding diaryl/α,β-unsaturated/α-hetero) is 1. The van der Waals surface area contributed by atoms with Crippen molar-refractivity contribution in [3.63, 3.8) is 0 Å². The lowest BCUT2D eigenvalue weighted by molar-refractivity contribution is -0.176. The Kier molecular flexibility index (Phi) is 7.48. The Balaban J connectivity index is 1.61. The van der Waals surface area contributed by atoms with Crippen LogP contribution in [-0.2, 0) is 19.2 Å². The number of carbonyl (C=O) groups excluding carboxylic acids is 4. The normalized spacial score (nSPS) is 21.2. The molecule has 12 nitrogen and oxygen atoms in total. The van der Waals surface area contributed by atoms with Crippen molar-refractivity contribution in [3.8, 4) is 0 Å². The maximum Gasteiger partial charge on any atom is 0.305 e. The minimum atomic E-state index is -1.55. The molecule has 0 unspecified atom stereocenters. The first-order chi connectivity index (χ1) is 17.1. The summed E-state index contributed by atoms with van der Waals surface area (Å²) in [5.74, 6) is -4.22. The maximum absolute atomic E-state index is 13.3. The van der Waals surface area contributed by atoms with Gasteiger partial charge in [-0.3, -0.25) is 29.0 Å². The minimum Gasteiger partial charge on any atom is -0.481 e. The summed E-state index contributed by atoms with van der Waals surface area (Å²) >= 11 is 12.0. The van der Waals surface area contributed by atoms with Crippen molar-refractivity contribution in [2.75, 3.05) is 13.6 Å². The van der Waals surface area contributed by atoms with Crippen molar-refractivity contribution in [3.05, 3.63) is 28.1 Å². The van der Waals surface area contributed by atoms with Gasteiger partial charge in [0.1, 0.15) is 17.6 Å². The van der Waals surface area contributed by atoms with Gasteiger partial charge in [0.05, 0.1) is 17.5 Å². The van der Waals surface area contributed by atoms with Gasteiger partial charge >= 0.3 is 5.97 Å². The molecule has 3 atom stereocenters. The molecular formula is C22H23Cl2N5O7. The number of amides is 3. The van der Waals surface area contributed by atoms with Crippen LogP contribution in [0.5, 0.6) is 0 Å². The van der Waals surface area contributed by atoms with E-state index in [0.29, 0.717) is 6.42 Å². The molecule has 2 aliphatic rings. The van der Waals surface area contributed by atoms with Gasteiger partial charge in [0.25, 0.3) is 11.8 Å². The van der Waals surface area contributed by atoms with Crippen molar-refractivity contribution in [1.82, 2.24) is 25.6 Å². The third kappa shape index (κ3) is 5.01. The number of fused-ring (bicyclic) bond motifs is 2. The summed E-state index contributed by atoms with van der Waals surface area (Å²) in [6, 6.07) is -0.505. The molecule has 2 fully saturated rings. The van der Waals surface area contributed by atoms with E-state index in [0.717, 1.165) is 5.01 Å². The van der Waals surface area contributed by atoms with Crippen LogP contribution in [-0.4, -0.2) is 81.3 Å². The van der Waals surface area contributed by atoms with Crippen molar-refractivity contribution in [2.45, 2.75) is 50.2 Å². The van der Waals surface area contributed by atoms with Crippen LogP contribution in [0.1, 0.15) is 42.8 Å². The lowest BCUT2D eigenvalue weighted by Crippen LogP contribution is -2.64. The number of likely N-dealkylation sites (N-methyl/N-ethyl adjacent to an activating group) is 1. The average Bonchev–Trinajstić information content (AvgIpc) is 3.21. The first-order valence-electron chi connectivity index (χ1n) is 11.2. The van der Waals surface area contributed by atoms with E-state index in [1.807, 2.05) is 0 Å². The fraction of sp³-hybridized carbons (Fsp3) is 0.455. The summed E-state index contributed by atoms with van der Waals surface area (Å²) < 4.78 is 5.45. The first kappa shape index (κ1) is 25.9. The number of carboxylic acid groups (broad SMARTS) is 1. The Labute approximate surface area is 214 Å². The standard InChI is InChI=1S/C22H23Cl2N5O7/c1-25-12-4-5-16(30)28-6-2-3-15(29(28)22(12)35)20(34)26-13(9-17(31)32)18(33)21-27-14-8-10(23)7-11(24)19(14)36-21/h7-8,12-13,15,25H,2-6,9H2,1H3,(H,26,34)(H,31,32)/t12-,13-,15-/m0/s1. The molecule has 4 rings (SSSR count). The third-order valence-electron chi connectivity index (χ3n) is 6.14. The van der Waals surface area contributed by atoms with Gasteiger partial charge in [0, 0.05) is 18.0 Å². The lowest BCUT2D eigenvalue weighted by Gasteiger charge is -2.43. The third-order valence-corrected chi connectivity index (χ3v) is 6.64. The molecule has 0 saturated carbocycles. The van der Waals surface area contributed by atoms with Gasteiger partial charge in [0.2, 0.25) is 17.6 Å². The van der Waals surface area contributed by atoms with E-state index >= 15 is 0 Å². The fourth-order valence-electron chi connectivity index (χ4n) is 4.41. The number of halogens is 2. The highest BCUT2D eigenvalue weighted by molar-refractivity contribution is 6.38. The van der Waals surface area contributed by atoms with Gasteiger partial charge in [-0.25, -0.2) is 9.99 Å². The summed E-state index contributed by atoms with van der Waals surface area (Å²) in [5.41, 5.74) is 0.269. The zero-order valence-electron chi connectivity index (χ0n) is 19.1. The second kappa shape index (κ2) is 10.4. The number of carbonyl (C=O) groups is 5. The molecule has 3 N–H and O–H groups in total. The van der Waals surface area contributed by atoms with Gasteiger partial charge in [0.15, 0.2) is 5.58 Å². The minimum absolute atomic E-state index is 0.0829. The van der Waals surface area contributed by atoms with E-state index in [2.05, 4.69) is 15.6 Å². The van der Waals surface area contributed by atoms with Gasteiger partial charge in [-0.05, 0) is 38.4 Å². The second-order valence-corrected chi connectivity index (χ2v) is 9.36. The quantitative estimate of drug-likeness (QED) is 0.441. The van der Waals surface area contributed by atoms with Crippen LogP contribution in [0.3, 0.4) is 0 Å². The van der Waals surface area contributed by atoms with Crippen LogP contribution in [0.15, 0.2) is 16.5 Å². The Morgan fingerprint density at radius 3 is 2.69 bits per heavy atom. The predicted molar refractivity (Wildman–Crippen MR) is 126 cm³/mol. The van der Waals surface area contributed by atoms with Crippen LogP contribution in [0, 0.1) is 0 Å². The Morgan fingerprint density at radius 2 is 2.00 bits per heavy atom. The summed E-state index contributed by atoms with van der Waals surface area (Å²) in [6.07, 6.45) is 0.315. The number of rotatable bonds is 7. The van der Waals surface area contributed by atoms with Crippen LogP contribution in [0.25, 0.3) is 11.1 Å². The topological polar surface area (TPSA) is 162 Å². The van der Waals surface area contributed by atoms with Crippen molar-refractivity contribution in [1.29, 1.82) is 0 Å². The van der Waals surface area contributed by atoms with Gasteiger partial charge in [-0.1, -0.05) is 23.2 Å². The van der Waals surface area contributed by atoms with Crippen molar-refractivity contribution in [2.24, 2.45) is 0 Å². The number of hydrogen-bond acceptors (Lipinski definition) is 8. The van der Waals surface area contributed by atoms with Gasteiger partial charge in [-0.15, -0.1) is 0 Å². The molecule has 36 heavy (non-hydrogen) atoms. The number of nitrogens with zero attached hydrogens (tertiary/aromatic N) is 3. The molecule has 14 heteroatoms. The summed E-state index contributed by atoms with van der Waals surface area (Å²) in [7, 11) is 1.59. The molecule has 0 spiro atoms. The van der Waals surface area contributed by atoms with E-state index in [9.17, 15) is 29.1 Å². The summed E-state index contributed by atoms with van der Waals surface area (Å²) in [6.45, 7) is 0.272. The number of benzene rings is 1. The zero-order valence-corrected chi connectivity index (χ0v) is 20.6. The van der Waals surface area contributed by atoms with Crippen LogP contribution < -0.4 is 10.6 Å².